The van der Waals surface area contributed by atoms with Crippen LogP contribution in [-0.4, -0.2) is 36.9 Å². The average Bonchev–Trinajstić information content (AvgIpc) is 3.16. The minimum atomic E-state index is 0. The highest BCUT2D eigenvalue weighted by Crippen LogP contribution is 2.34. The van der Waals surface area contributed by atoms with Crippen molar-refractivity contribution in [2.75, 3.05) is 6.54 Å². The highest BCUT2D eigenvalue weighted by atomic mass is 127. The molecular weight excluding hydrogens is 429 g/mol. The normalized spacial score (nSPS) is 25.0. The first-order valence-corrected chi connectivity index (χ1v) is 9.10. The number of nitrogens with one attached hydrogen (secondary N) is 2. The van der Waals surface area contributed by atoms with Crippen molar-refractivity contribution in [2.24, 2.45) is 4.99 Å². The maximum absolute atomic E-state index is 5.91. The van der Waals surface area contributed by atoms with Crippen LogP contribution in [0.15, 0.2) is 29.3 Å². The summed E-state index contributed by atoms with van der Waals surface area (Å²) >= 11 is 0. The van der Waals surface area contributed by atoms with Crippen molar-refractivity contribution in [2.45, 2.75) is 70.9 Å². The first kappa shape index (κ1) is 20.3. The Morgan fingerprint density at radius 1 is 1.28 bits per heavy atom. The van der Waals surface area contributed by atoms with E-state index in [1.807, 2.05) is 26.0 Å². The van der Waals surface area contributed by atoms with E-state index in [1.165, 1.54) is 18.4 Å². The van der Waals surface area contributed by atoms with Crippen molar-refractivity contribution in [3.8, 4) is 5.75 Å². The molecule has 1 aromatic rings. The van der Waals surface area contributed by atoms with Gasteiger partial charge in [0.1, 0.15) is 5.75 Å². The summed E-state index contributed by atoms with van der Waals surface area (Å²) in [5.41, 5.74) is 1.17. The fourth-order valence-electron chi connectivity index (χ4n) is 3.40. The summed E-state index contributed by atoms with van der Waals surface area (Å²) in [5, 5.41) is 6.88. The van der Waals surface area contributed by atoms with Crippen molar-refractivity contribution < 1.29 is 9.47 Å². The van der Waals surface area contributed by atoms with Crippen LogP contribution in [0.2, 0.25) is 0 Å². The van der Waals surface area contributed by atoms with Crippen LogP contribution in [0.5, 0.6) is 5.75 Å². The predicted molar refractivity (Wildman–Crippen MR) is 112 cm³/mol. The van der Waals surface area contributed by atoms with E-state index in [9.17, 15) is 0 Å². The number of hydrogen-bond acceptors (Lipinski definition) is 3. The van der Waals surface area contributed by atoms with Gasteiger partial charge in [-0.3, -0.25) is 0 Å². The summed E-state index contributed by atoms with van der Waals surface area (Å²) in [6.07, 6.45) is 4.47. The fourth-order valence-corrected chi connectivity index (χ4v) is 3.40. The largest absolute Gasteiger partial charge is 0.491 e. The van der Waals surface area contributed by atoms with Gasteiger partial charge in [-0.15, -0.1) is 24.0 Å². The summed E-state index contributed by atoms with van der Waals surface area (Å²) in [6.45, 7) is 7.66. The summed E-state index contributed by atoms with van der Waals surface area (Å²) in [7, 11) is 0. The molecule has 0 aliphatic carbocycles. The van der Waals surface area contributed by atoms with E-state index >= 15 is 0 Å². The second-order valence-corrected chi connectivity index (χ2v) is 6.87. The molecule has 2 bridgehead atoms. The van der Waals surface area contributed by atoms with Gasteiger partial charge in [-0.05, 0) is 57.7 Å². The van der Waals surface area contributed by atoms with Gasteiger partial charge < -0.3 is 20.1 Å². The van der Waals surface area contributed by atoms with Gasteiger partial charge in [0.05, 0.1) is 30.9 Å². The number of nitrogens with zero attached hydrogens (tertiary/aromatic N) is 1. The quantitative estimate of drug-likeness (QED) is 0.389. The molecule has 140 valence electrons. The van der Waals surface area contributed by atoms with Crippen LogP contribution < -0.4 is 15.4 Å². The maximum Gasteiger partial charge on any atom is 0.191 e. The van der Waals surface area contributed by atoms with E-state index < -0.39 is 0 Å². The Balaban J connectivity index is 0.00000225. The summed E-state index contributed by atoms with van der Waals surface area (Å²) in [6, 6.07) is 8.56. The molecule has 0 radical (unpaired) electrons. The van der Waals surface area contributed by atoms with Crippen molar-refractivity contribution in [3.05, 3.63) is 29.8 Å². The van der Waals surface area contributed by atoms with Crippen LogP contribution in [0.3, 0.4) is 0 Å². The van der Waals surface area contributed by atoms with Crippen molar-refractivity contribution in [1.29, 1.82) is 0 Å². The van der Waals surface area contributed by atoms with Gasteiger partial charge in [-0.25, -0.2) is 4.99 Å². The smallest absolute Gasteiger partial charge is 0.191 e. The van der Waals surface area contributed by atoms with Gasteiger partial charge in [0.2, 0.25) is 0 Å². The highest BCUT2D eigenvalue weighted by molar-refractivity contribution is 14.0. The molecule has 1 aromatic carbocycles. The van der Waals surface area contributed by atoms with Crippen LogP contribution >= 0.6 is 24.0 Å². The second-order valence-electron chi connectivity index (χ2n) is 6.87. The molecule has 3 rings (SSSR count). The van der Waals surface area contributed by atoms with E-state index in [0.717, 1.165) is 24.7 Å². The minimum absolute atomic E-state index is 0. The number of aliphatic imine (C=N–C) groups is 1. The predicted octanol–water partition coefficient (Wildman–Crippen LogP) is 3.47. The van der Waals surface area contributed by atoms with Crippen LogP contribution in [-0.2, 0) is 11.3 Å². The molecular formula is C19H30IN3O2. The summed E-state index contributed by atoms with van der Waals surface area (Å²) in [4.78, 5) is 4.72. The Bertz CT molecular complexity index is 562. The Hall–Kier alpha value is -1.02. The molecule has 2 saturated heterocycles. The van der Waals surface area contributed by atoms with Gasteiger partial charge in [-0.2, -0.15) is 0 Å². The van der Waals surface area contributed by atoms with Crippen LogP contribution in [0, 0.1) is 0 Å². The zero-order valence-electron chi connectivity index (χ0n) is 15.3. The topological polar surface area (TPSA) is 54.9 Å². The number of ether oxygens (including phenoxy) is 2. The molecule has 2 fully saturated rings. The lowest BCUT2D eigenvalue weighted by molar-refractivity contribution is 0.0992. The molecule has 2 aliphatic heterocycles. The number of halogens is 1. The van der Waals surface area contributed by atoms with Crippen LogP contribution in [0.25, 0.3) is 0 Å². The number of rotatable bonds is 6. The molecule has 0 saturated carbocycles. The molecule has 5 nitrogen and oxygen atoms in total. The monoisotopic (exact) mass is 459 g/mol. The zero-order chi connectivity index (χ0) is 16.9. The van der Waals surface area contributed by atoms with Gasteiger partial charge in [-0.1, -0.05) is 12.1 Å². The molecule has 0 amide bonds. The SMILES string of the molecule is CCNC(=NCc1ccc(OC(C)C)cc1)NC1CC2CCC1O2.I. The van der Waals surface area contributed by atoms with Gasteiger partial charge in [0.15, 0.2) is 5.96 Å². The van der Waals surface area contributed by atoms with Crippen LogP contribution in [0.1, 0.15) is 45.6 Å². The Morgan fingerprint density at radius 2 is 2.04 bits per heavy atom. The third-order valence-corrected chi connectivity index (χ3v) is 4.49. The number of hydrogen-bond donors (Lipinski definition) is 2. The fraction of sp³-hybridized carbons (Fsp3) is 0.632. The van der Waals surface area contributed by atoms with E-state index in [0.29, 0.717) is 24.8 Å². The number of guanidine groups is 1. The molecule has 2 N–H and O–H groups in total. The third-order valence-electron chi connectivity index (χ3n) is 4.49. The average molecular weight is 459 g/mol. The van der Waals surface area contributed by atoms with E-state index in [1.54, 1.807) is 0 Å². The Labute approximate surface area is 168 Å². The lowest BCUT2D eigenvalue weighted by Gasteiger charge is -2.22. The molecule has 3 unspecified atom stereocenters. The summed E-state index contributed by atoms with van der Waals surface area (Å²) < 4.78 is 11.6. The van der Waals surface area contributed by atoms with Crippen molar-refractivity contribution in [1.82, 2.24) is 10.6 Å². The lowest BCUT2D eigenvalue weighted by atomic mass is 9.96. The van der Waals surface area contributed by atoms with Gasteiger partial charge >= 0.3 is 0 Å². The Kier molecular flexibility index (Phi) is 7.81. The third kappa shape index (κ3) is 5.74. The zero-order valence-corrected chi connectivity index (χ0v) is 17.7. The first-order chi connectivity index (χ1) is 11.6. The van der Waals surface area contributed by atoms with Crippen LogP contribution in [0.4, 0.5) is 0 Å². The second kappa shape index (κ2) is 9.62. The number of fused-ring (bicyclic) bond motifs is 2. The number of benzene rings is 1. The van der Waals surface area contributed by atoms with Gasteiger partial charge in [0, 0.05) is 6.54 Å². The molecule has 0 spiro atoms. The molecule has 6 heteroatoms. The molecule has 2 aliphatic rings. The molecule has 2 heterocycles. The summed E-state index contributed by atoms with van der Waals surface area (Å²) in [5.74, 6) is 1.78. The van der Waals surface area contributed by atoms with E-state index in [4.69, 9.17) is 14.5 Å². The molecule has 0 aromatic heterocycles. The van der Waals surface area contributed by atoms with E-state index in [-0.39, 0.29) is 30.1 Å². The van der Waals surface area contributed by atoms with E-state index in [2.05, 4.69) is 29.7 Å². The van der Waals surface area contributed by atoms with Gasteiger partial charge in [0.25, 0.3) is 0 Å². The minimum Gasteiger partial charge on any atom is -0.491 e. The standard InChI is InChI=1S/C19H29N3O2.HI/c1-4-20-19(22-17-11-16-9-10-18(17)24-16)21-12-14-5-7-15(8-6-14)23-13(2)3;/h5-8,13,16-18H,4,9-12H2,1-3H3,(H2,20,21,22);1H. The van der Waals surface area contributed by atoms with Crippen molar-refractivity contribution >= 4 is 29.9 Å². The maximum atomic E-state index is 5.91. The molecule has 3 atom stereocenters. The highest BCUT2D eigenvalue weighted by Gasteiger charge is 2.41. The Morgan fingerprint density at radius 3 is 2.60 bits per heavy atom. The molecule has 25 heavy (non-hydrogen) atoms. The van der Waals surface area contributed by atoms with Crippen molar-refractivity contribution in [3.63, 3.8) is 0 Å². The lowest BCUT2D eigenvalue weighted by Crippen LogP contribution is -2.47. The first-order valence-electron chi connectivity index (χ1n) is 9.10.